The van der Waals surface area contributed by atoms with Crippen molar-refractivity contribution in [1.29, 1.82) is 0 Å². The topological polar surface area (TPSA) is 52.4 Å². The van der Waals surface area contributed by atoms with Crippen LogP contribution in [0.25, 0.3) is 11.3 Å². The Morgan fingerprint density at radius 2 is 2.08 bits per heavy atom. The number of hydrogen-bond donors (Lipinski definition) is 0. The van der Waals surface area contributed by atoms with Gasteiger partial charge < -0.3 is 14.4 Å². The quantitative estimate of drug-likeness (QED) is 0.855. The zero-order valence-electron chi connectivity index (χ0n) is 15.4. The third kappa shape index (κ3) is 2.88. The molecule has 2 aliphatic heterocycles. The molecule has 6 nitrogen and oxygen atoms in total. The van der Waals surface area contributed by atoms with Crippen LogP contribution in [0.15, 0.2) is 18.3 Å². The van der Waals surface area contributed by atoms with Gasteiger partial charge in [-0.3, -0.25) is 0 Å². The standard InChI is InChI=1S/C19H26N4O2/c1-12(2)17-18(21-23-8-7-13(3)25-19(17)23)14-5-6-16(20-9-14)22-10-15(11-22)24-4/h5-6,9,12-13,15H,7-8,10-11H2,1-4H3/t13-/m1/s1. The summed E-state index contributed by atoms with van der Waals surface area (Å²) in [5.74, 6) is 2.28. The Morgan fingerprint density at radius 1 is 1.28 bits per heavy atom. The molecule has 0 amide bonds. The molecule has 0 aromatic carbocycles. The van der Waals surface area contributed by atoms with Gasteiger partial charge in [0.15, 0.2) is 0 Å². The Bertz CT molecular complexity index is 748. The van der Waals surface area contributed by atoms with Crippen LogP contribution in [0.4, 0.5) is 5.82 Å². The third-order valence-corrected chi connectivity index (χ3v) is 5.10. The van der Waals surface area contributed by atoms with Crippen LogP contribution < -0.4 is 9.64 Å². The second kappa shape index (κ2) is 6.33. The first-order chi connectivity index (χ1) is 12.1. The first-order valence-corrected chi connectivity index (χ1v) is 9.08. The Balaban J connectivity index is 1.63. The van der Waals surface area contributed by atoms with Crippen molar-refractivity contribution in [3.63, 3.8) is 0 Å². The minimum Gasteiger partial charge on any atom is -0.475 e. The van der Waals surface area contributed by atoms with Crippen molar-refractivity contribution in [2.75, 3.05) is 25.1 Å². The van der Waals surface area contributed by atoms with Gasteiger partial charge in [-0.25, -0.2) is 9.67 Å². The third-order valence-electron chi connectivity index (χ3n) is 5.10. The summed E-state index contributed by atoms with van der Waals surface area (Å²) >= 11 is 0. The van der Waals surface area contributed by atoms with Crippen molar-refractivity contribution in [2.24, 2.45) is 0 Å². The van der Waals surface area contributed by atoms with Crippen molar-refractivity contribution in [3.05, 3.63) is 23.9 Å². The van der Waals surface area contributed by atoms with Gasteiger partial charge in [-0.2, -0.15) is 5.10 Å². The maximum Gasteiger partial charge on any atom is 0.216 e. The first kappa shape index (κ1) is 16.4. The fourth-order valence-electron chi connectivity index (χ4n) is 3.51. The Kier molecular flexibility index (Phi) is 4.15. The first-order valence-electron chi connectivity index (χ1n) is 9.08. The van der Waals surface area contributed by atoms with Gasteiger partial charge in [0.1, 0.15) is 11.5 Å². The van der Waals surface area contributed by atoms with Crippen LogP contribution in [0, 0.1) is 0 Å². The maximum atomic E-state index is 6.10. The van der Waals surface area contributed by atoms with Gasteiger partial charge in [0, 0.05) is 50.5 Å². The normalized spacial score (nSPS) is 20.4. The van der Waals surface area contributed by atoms with Crippen molar-refractivity contribution in [3.8, 4) is 17.1 Å². The number of aryl methyl sites for hydroxylation is 1. The van der Waals surface area contributed by atoms with Crippen LogP contribution in [-0.4, -0.2) is 47.2 Å². The second-order valence-electron chi connectivity index (χ2n) is 7.33. The predicted molar refractivity (Wildman–Crippen MR) is 97.3 cm³/mol. The fraction of sp³-hybridized carbons (Fsp3) is 0.579. The minimum atomic E-state index is 0.246. The molecule has 134 valence electrons. The van der Waals surface area contributed by atoms with E-state index in [0.717, 1.165) is 49.0 Å². The molecule has 0 N–H and O–H groups in total. The van der Waals surface area contributed by atoms with E-state index in [1.807, 2.05) is 10.9 Å². The van der Waals surface area contributed by atoms with Crippen molar-refractivity contribution in [1.82, 2.24) is 14.8 Å². The molecule has 1 atom stereocenters. The number of aromatic nitrogens is 3. The van der Waals surface area contributed by atoms with E-state index >= 15 is 0 Å². The van der Waals surface area contributed by atoms with Gasteiger partial charge in [-0.15, -0.1) is 0 Å². The molecule has 6 heteroatoms. The Hall–Kier alpha value is -2.08. The summed E-state index contributed by atoms with van der Waals surface area (Å²) in [6, 6.07) is 4.19. The molecular formula is C19H26N4O2. The van der Waals surface area contributed by atoms with Crippen LogP contribution in [0.1, 0.15) is 38.7 Å². The molecule has 0 unspecified atom stereocenters. The van der Waals surface area contributed by atoms with E-state index in [4.69, 9.17) is 14.6 Å². The molecule has 0 spiro atoms. The van der Waals surface area contributed by atoms with Crippen LogP contribution in [0.3, 0.4) is 0 Å². The number of rotatable bonds is 4. The number of hydrogen-bond acceptors (Lipinski definition) is 5. The molecule has 25 heavy (non-hydrogen) atoms. The summed E-state index contributed by atoms with van der Waals surface area (Å²) in [6.07, 6.45) is 3.50. The van der Waals surface area contributed by atoms with E-state index in [9.17, 15) is 0 Å². The number of methoxy groups -OCH3 is 1. The van der Waals surface area contributed by atoms with Crippen LogP contribution in [-0.2, 0) is 11.3 Å². The van der Waals surface area contributed by atoms with Crippen molar-refractivity contribution < 1.29 is 9.47 Å². The lowest BCUT2D eigenvalue weighted by molar-refractivity contribution is 0.0783. The highest BCUT2D eigenvalue weighted by atomic mass is 16.5. The lowest BCUT2D eigenvalue weighted by atomic mass is 9.99. The van der Waals surface area contributed by atoms with Gasteiger partial charge in [-0.1, -0.05) is 13.8 Å². The van der Waals surface area contributed by atoms with Gasteiger partial charge in [0.05, 0.1) is 12.2 Å². The van der Waals surface area contributed by atoms with Gasteiger partial charge in [0.2, 0.25) is 5.88 Å². The predicted octanol–water partition coefficient (Wildman–Crippen LogP) is 3.07. The number of pyridine rings is 1. The second-order valence-corrected chi connectivity index (χ2v) is 7.33. The number of nitrogens with zero attached hydrogens (tertiary/aromatic N) is 4. The van der Waals surface area contributed by atoms with Crippen LogP contribution >= 0.6 is 0 Å². The molecule has 2 aromatic heterocycles. The molecule has 4 rings (SSSR count). The summed E-state index contributed by atoms with van der Waals surface area (Å²) in [4.78, 5) is 6.87. The van der Waals surface area contributed by atoms with Crippen molar-refractivity contribution >= 4 is 5.82 Å². The molecule has 1 fully saturated rings. The van der Waals surface area contributed by atoms with E-state index < -0.39 is 0 Å². The summed E-state index contributed by atoms with van der Waals surface area (Å²) in [5, 5.41) is 4.83. The highest BCUT2D eigenvalue weighted by Gasteiger charge is 2.29. The zero-order chi connectivity index (χ0) is 17.6. The average Bonchev–Trinajstić information content (AvgIpc) is 2.93. The van der Waals surface area contributed by atoms with Crippen LogP contribution in [0.5, 0.6) is 5.88 Å². The molecule has 4 heterocycles. The molecule has 1 saturated heterocycles. The maximum absolute atomic E-state index is 6.10. The van der Waals surface area contributed by atoms with E-state index in [1.165, 1.54) is 5.56 Å². The lowest BCUT2D eigenvalue weighted by Gasteiger charge is -2.39. The molecule has 0 radical (unpaired) electrons. The lowest BCUT2D eigenvalue weighted by Crippen LogP contribution is -2.52. The number of fused-ring (bicyclic) bond motifs is 1. The molecule has 2 aromatic rings. The van der Waals surface area contributed by atoms with Gasteiger partial charge >= 0.3 is 0 Å². The van der Waals surface area contributed by atoms with E-state index in [2.05, 4.69) is 42.8 Å². The largest absolute Gasteiger partial charge is 0.475 e. The monoisotopic (exact) mass is 342 g/mol. The molecule has 0 saturated carbocycles. The summed E-state index contributed by atoms with van der Waals surface area (Å²) in [7, 11) is 1.76. The van der Waals surface area contributed by atoms with Gasteiger partial charge in [0.25, 0.3) is 0 Å². The minimum absolute atomic E-state index is 0.246. The smallest absolute Gasteiger partial charge is 0.216 e. The molecular weight excluding hydrogens is 316 g/mol. The van der Waals surface area contributed by atoms with E-state index in [-0.39, 0.29) is 6.10 Å². The molecule has 0 bridgehead atoms. The fourth-order valence-corrected chi connectivity index (χ4v) is 3.51. The SMILES string of the molecule is COC1CN(c2ccc(-c3nn4c(c3C(C)C)O[C@H](C)CC4)cn2)C1. The zero-order valence-corrected chi connectivity index (χ0v) is 15.4. The average molecular weight is 342 g/mol. The highest BCUT2D eigenvalue weighted by molar-refractivity contribution is 5.67. The van der Waals surface area contributed by atoms with Gasteiger partial charge in [-0.05, 0) is 25.0 Å². The summed E-state index contributed by atoms with van der Waals surface area (Å²) < 4.78 is 13.4. The Labute approximate surface area is 148 Å². The number of anilines is 1. The molecule has 0 aliphatic carbocycles. The summed E-state index contributed by atoms with van der Waals surface area (Å²) in [5.41, 5.74) is 3.23. The van der Waals surface area contributed by atoms with E-state index in [0.29, 0.717) is 12.0 Å². The van der Waals surface area contributed by atoms with Crippen molar-refractivity contribution in [2.45, 2.75) is 51.9 Å². The highest BCUT2D eigenvalue weighted by Crippen LogP contribution is 2.38. The number of ether oxygens (including phenoxy) is 2. The summed E-state index contributed by atoms with van der Waals surface area (Å²) in [6.45, 7) is 9.23. The molecule has 2 aliphatic rings. The van der Waals surface area contributed by atoms with E-state index in [1.54, 1.807) is 7.11 Å². The Morgan fingerprint density at radius 3 is 2.72 bits per heavy atom. The van der Waals surface area contributed by atoms with Crippen LogP contribution in [0.2, 0.25) is 0 Å².